The number of hydrogen-bond acceptors (Lipinski definition) is 6. The van der Waals surface area contributed by atoms with E-state index in [1.807, 2.05) is 42.8 Å². The summed E-state index contributed by atoms with van der Waals surface area (Å²) in [6, 6.07) is 10.6. The van der Waals surface area contributed by atoms with E-state index in [1.165, 1.54) is 34.5 Å². The third-order valence-corrected chi connectivity index (χ3v) is 10.2. The zero-order valence-electron chi connectivity index (χ0n) is 25.5. The average Bonchev–Trinajstić information content (AvgIpc) is 3.36. The zero-order chi connectivity index (χ0) is 33.2. The first kappa shape index (κ1) is 31.0. The lowest BCUT2D eigenvalue weighted by Gasteiger charge is -2.44. The van der Waals surface area contributed by atoms with Crippen molar-refractivity contribution in [3.05, 3.63) is 95.4 Å². The second-order valence-corrected chi connectivity index (χ2v) is 13.0. The SMILES string of the molecule is C=CC(=O)N1[C@H](C)CN(c2nc(=O)n3c4c(c(-c5ccc(F)cc5)c(C(F)(F)F)cc24)SCC(n2ccc4cccnc42)C3)C[C@@H]1C. The highest BCUT2D eigenvalue weighted by Crippen LogP contribution is 2.49. The van der Waals surface area contributed by atoms with Crippen molar-refractivity contribution in [3.63, 3.8) is 0 Å². The summed E-state index contributed by atoms with van der Waals surface area (Å²) in [4.78, 5) is 39.4. The lowest BCUT2D eigenvalue weighted by Crippen LogP contribution is -2.58. The van der Waals surface area contributed by atoms with Crippen LogP contribution in [0.25, 0.3) is 33.1 Å². The normalized spacial score (nSPS) is 20.1. The summed E-state index contributed by atoms with van der Waals surface area (Å²) in [6.45, 7) is 7.93. The number of fused-ring (bicyclic) bond motifs is 1. The molecule has 3 aromatic heterocycles. The Hall–Kier alpha value is -4.65. The number of rotatable bonds is 4. The van der Waals surface area contributed by atoms with Crippen LogP contribution in [0.4, 0.5) is 23.4 Å². The van der Waals surface area contributed by atoms with Crippen LogP contribution in [-0.4, -0.2) is 60.8 Å². The van der Waals surface area contributed by atoms with Gasteiger partial charge >= 0.3 is 11.9 Å². The minimum Gasteiger partial charge on any atom is -0.352 e. The molecule has 3 atom stereocenters. The molecule has 8 nitrogen and oxygen atoms in total. The molecule has 242 valence electrons. The summed E-state index contributed by atoms with van der Waals surface area (Å²) >= 11 is 1.23. The molecule has 2 aliphatic heterocycles. The summed E-state index contributed by atoms with van der Waals surface area (Å²) in [6.07, 6.45) is 0.000577. The standard InChI is InChI=1S/C34H30F4N6O2S/c1-4-27(45)44-19(2)15-41(16-20(44)3)32-25-14-26(34(36,37)38)28(21-7-9-23(35)10-8-21)30-29(25)43(33(46)40-32)17-24(18-47-30)42-13-11-22-6-5-12-39-31(22)42/h4-14,19-20,24H,1,15-18H2,2-3H3/t19-,20+,24?. The Labute approximate surface area is 271 Å². The molecule has 0 spiro atoms. The van der Waals surface area contributed by atoms with Gasteiger partial charge in [0.1, 0.15) is 17.3 Å². The fraction of sp³-hybridized carbons (Fsp3) is 0.294. The highest BCUT2D eigenvalue weighted by molar-refractivity contribution is 7.99. The number of nitrogens with zero attached hydrogens (tertiary/aromatic N) is 6. The number of piperazine rings is 1. The van der Waals surface area contributed by atoms with Crippen LogP contribution < -0.4 is 10.6 Å². The van der Waals surface area contributed by atoms with Crippen molar-refractivity contribution in [1.82, 2.24) is 24.0 Å². The Bertz CT molecular complexity index is 2100. The Morgan fingerprint density at radius 2 is 1.79 bits per heavy atom. The monoisotopic (exact) mass is 662 g/mol. The molecule has 0 radical (unpaired) electrons. The molecule has 1 saturated heterocycles. The van der Waals surface area contributed by atoms with E-state index in [-0.39, 0.29) is 70.9 Å². The maximum Gasteiger partial charge on any atom is 0.417 e. The van der Waals surface area contributed by atoms with E-state index in [0.717, 1.165) is 23.6 Å². The average molecular weight is 663 g/mol. The van der Waals surface area contributed by atoms with Crippen LogP contribution in [0.2, 0.25) is 0 Å². The zero-order valence-corrected chi connectivity index (χ0v) is 26.4. The predicted octanol–water partition coefficient (Wildman–Crippen LogP) is 6.53. The van der Waals surface area contributed by atoms with Gasteiger partial charge in [0, 0.05) is 71.1 Å². The number of anilines is 1. The number of amides is 1. The maximum atomic E-state index is 15.1. The molecule has 13 heteroatoms. The van der Waals surface area contributed by atoms with Crippen molar-refractivity contribution in [2.45, 2.75) is 49.6 Å². The third-order valence-electron chi connectivity index (χ3n) is 8.97. The van der Waals surface area contributed by atoms with Crippen LogP contribution in [0.15, 0.2) is 83.3 Å². The van der Waals surface area contributed by atoms with Gasteiger partial charge in [-0.15, -0.1) is 11.8 Å². The van der Waals surface area contributed by atoms with Gasteiger partial charge in [-0.2, -0.15) is 18.2 Å². The van der Waals surface area contributed by atoms with Gasteiger partial charge in [-0.05, 0) is 61.9 Å². The number of aromatic nitrogens is 4. The number of halogens is 4. The molecule has 0 aliphatic carbocycles. The van der Waals surface area contributed by atoms with Crippen LogP contribution in [0.1, 0.15) is 25.5 Å². The molecule has 0 bridgehead atoms. The van der Waals surface area contributed by atoms with Gasteiger partial charge in [0.2, 0.25) is 5.91 Å². The molecule has 2 aromatic carbocycles. The van der Waals surface area contributed by atoms with Gasteiger partial charge in [-0.25, -0.2) is 14.2 Å². The van der Waals surface area contributed by atoms with Crippen LogP contribution in [0, 0.1) is 5.82 Å². The second kappa shape index (κ2) is 11.5. The maximum absolute atomic E-state index is 15.1. The van der Waals surface area contributed by atoms with E-state index < -0.39 is 23.2 Å². The fourth-order valence-electron chi connectivity index (χ4n) is 7.00. The molecule has 0 saturated carbocycles. The molecule has 1 fully saturated rings. The molecule has 5 aromatic rings. The van der Waals surface area contributed by atoms with Crippen molar-refractivity contribution in [2.24, 2.45) is 0 Å². The van der Waals surface area contributed by atoms with Crippen molar-refractivity contribution in [3.8, 4) is 11.1 Å². The lowest BCUT2D eigenvalue weighted by atomic mass is 9.96. The van der Waals surface area contributed by atoms with Crippen molar-refractivity contribution >= 4 is 45.4 Å². The largest absolute Gasteiger partial charge is 0.417 e. The second-order valence-electron chi connectivity index (χ2n) is 12.0. The Kier molecular flexibility index (Phi) is 7.61. The highest BCUT2D eigenvalue weighted by atomic mass is 32.2. The molecule has 5 heterocycles. The molecule has 2 aliphatic rings. The molecular formula is C34H30F4N6O2S. The number of pyridine rings is 1. The number of carbonyl (C=O) groups excluding carboxylic acids is 1. The molecule has 1 unspecified atom stereocenters. The summed E-state index contributed by atoms with van der Waals surface area (Å²) in [5.41, 5.74) is -0.386. The van der Waals surface area contributed by atoms with Gasteiger partial charge in [-0.1, -0.05) is 18.7 Å². The number of hydrogen-bond donors (Lipinski definition) is 0. The minimum absolute atomic E-state index is 0.112. The van der Waals surface area contributed by atoms with Crippen molar-refractivity contribution < 1.29 is 22.4 Å². The Morgan fingerprint density at radius 3 is 2.47 bits per heavy atom. The van der Waals surface area contributed by atoms with E-state index in [9.17, 15) is 14.0 Å². The Balaban J connectivity index is 1.48. The number of thioether (sulfide) groups is 1. The van der Waals surface area contributed by atoms with E-state index >= 15 is 13.2 Å². The van der Waals surface area contributed by atoms with Crippen LogP contribution in [0.3, 0.4) is 0 Å². The number of alkyl halides is 3. The first-order chi connectivity index (χ1) is 22.5. The third kappa shape index (κ3) is 5.26. The van der Waals surface area contributed by atoms with Crippen LogP contribution in [-0.2, 0) is 17.5 Å². The number of carbonyl (C=O) groups is 1. The van der Waals surface area contributed by atoms with Gasteiger partial charge in [0.25, 0.3) is 0 Å². The minimum atomic E-state index is -4.78. The summed E-state index contributed by atoms with van der Waals surface area (Å²) in [7, 11) is 0. The van der Waals surface area contributed by atoms with Gasteiger partial charge in [0.15, 0.2) is 0 Å². The van der Waals surface area contributed by atoms with Crippen LogP contribution in [0.5, 0.6) is 0 Å². The van der Waals surface area contributed by atoms with Gasteiger partial charge in [0.05, 0.1) is 17.1 Å². The lowest BCUT2D eigenvalue weighted by molar-refractivity contribution is -0.137. The van der Waals surface area contributed by atoms with E-state index in [2.05, 4.69) is 16.5 Å². The summed E-state index contributed by atoms with van der Waals surface area (Å²) in [5.74, 6) is -0.355. The van der Waals surface area contributed by atoms with Gasteiger partial charge in [-0.3, -0.25) is 9.36 Å². The molecular weight excluding hydrogens is 632 g/mol. The molecule has 0 N–H and O–H groups in total. The predicted molar refractivity (Wildman–Crippen MR) is 174 cm³/mol. The smallest absolute Gasteiger partial charge is 0.352 e. The van der Waals surface area contributed by atoms with Crippen molar-refractivity contribution in [1.29, 1.82) is 0 Å². The van der Waals surface area contributed by atoms with E-state index in [4.69, 9.17) is 0 Å². The first-order valence-corrected chi connectivity index (χ1v) is 16.1. The molecule has 7 rings (SSSR count). The number of benzene rings is 2. The summed E-state index contributed by atoms with van der Waals surface area (Å²) < 4.78 is 62.6. The first-order valence-electron chi connectivity index (χ1n) is 15.1. The fourth-order valence-corrected chi connectivity index (χ4v) is 8.35. The quantitative estimate of drug-likeness (QED) is 0.161. The molecule has 47 heavy (non-hydrogen) atoms. The van der Waals surface area contributed by atoms with Gasteiger partial charge < -0.3 is 14.4 Å². The van der Waals surface area contributed by atoms with Crippen LogP contribution >= 0.6 is 11.8 Å². The van der Waals surface area contributed by atoms with E-state index in [1.54, 1.807) is 16.0 Å². The van der Waals surface area contributed by atoms with E-state index in [0.29, 0.717) is 16.9 Å². The Morgan fingerprint density at radius 1 is 1.06 bits per heavy atom. The van der Waals surface area contributed by atoms with Crippen molar-refractivity contribution in [2.75, 3.05) is 23.7 Å². The highest BCUT2D eigenvalue weighted by Gasteiger charge is 2.40. The molecule has 1 amide bonds. The summed E-state index contributed by atoms with van der Waals surface area (Å²) in [5, 5.41) is 1.08. The topological polar surface area (TPSA) is 76.3 Å².